The van der Waals surface area contributed by atoms with Gasteiger partial charge in [-0.3, -0.25) is 0 Å². The van der Waals surface area contributed by atoms with Gasteiger partial charge >= 0.3 is 12.1 Å². The van der Waals surface area contributed by atoms with Crippen molar-refractivity contribution in [2.24, 2.45) is 5.92 Å². The van der Waals surface area contributed by atoms with E-state index >= 15 is 0 Å². The lowest BCUT2D eigenvalue weighted by molar-refractivity contribution is -0.137. The van der Waals surface area contributed by atoms with Gasteiger partial charge in [0.25, 0.3) is 0 Å². The fourth-order valence-corrected chi connectivity index (χ4v) is 1.82. The third-order valence-electron chi connectivity index (χ3n) is 2.69. The first-order chi connectivity index (χ1) is 8.80. The Bertz CT molecular complexity index is 351. The first kappa shape index (κ1) is 15.5. The number of nitrogens with one attached hydrogen (secondary N) is 1. The second-order valence-electron chi connectivity index (χ2n) is 5.69. The van der Waals surface area contributed by atoms with Gasteiger partial charge in [0, 0.05) is 12.1 Å². The second kappa shape index (κ2) is 6.59. The molecule has 1 N–H and O–H groups in total. The molecular weight excluding hydrogens is 246 g/mol. The van der Waals surface area contributed by atoms with Crippen molar-refractivity contribution in [3.8, 4) is 0 Å². The summed E-state index contributed by atoms with van der Waals surface area (Å²) in [6.07, 6.45) is 4.57. The molecule has 0 radical (unpaired) electrons. The first-order valence-corrected chi connectivity index (χ1v) is 6.64. The van der Waals surface area contributed by atoms with E-state index < -0.39 is 5.60 Å². The van der Waals surface area contributed by atoms with Crippen molar-refractivity contribution in [1.82, 2.24) is 5.32 Å². The standard InChI is InChI=1S/C14H23NO4/c1-5-18-12(16)7-6-10-8-11(9-10)15-13(17)19-14(2,3)4/h6-7,10-11H,5,8-9H2,1-4H3,(H,15,17)/b7-6+. The second-order valence-corrected chi connectivity index (χ2v) is 5.69. The monoisotopic (exact) mass is 269 g/mol. The number of alkyl carbamates (subject to hydrolysis) is 1. The molecule has 0 heterocycles. The van der Waals surface area contributed by atoms with Gasteiger partial charge in [-0.2, -0.15) is 0 Å². The average Bonchev–Trinajstić information content (AvgIpc) is 2.18. The highest BCUT2D eigenvalue weighted by Crippen LogP contribution is 2.28. The molecule has 0 aromatic carbocycles. The molecule has 0 aromatic heterocycles. The highest BCUT2D eigenvalue weighted by atomic mass is 16.6. The van der Waals surface area contributed by atoms with E-state index in [1.165, 1.54) is 6.08 Å². The number of hydrogen-bond donors (Lipinski definition) is 1. The topological polar surface area (TPSA) is 64.6 Å². The number of allylic oxidation sites excluding steroid dienone is 1. The predicted molar refractivity (Wildman–Crippen MR) is 71.7 cm³/mol. The van der Waals surface area contributed by atoms with Crippen LogP contribution in [-0.2, 0) is 14.3 Å². The number of carbonyl (C=O) groups excluding carboxylic acids is 2. The molecule has 1 saturated carbocycles. The molecule has 19 heavy (non-hydrogen) atoms. The van der Waals surface area contributed by atoms with Gasteiger partial charge in [0.05, 0.1) is 6.61 Å². The van der Waals surface area contributed by atoms with Gasteiger partial charge in [0.15, 0.2) is 0 Å². The molecule has 0 bridgehead atoms. The van der Waals surface area contributed by atoms with Crippen molar-refractivity contribution in [3.05, 3.63) is 12.2 Å². The number of esters is 1. The van der Waals surface area contributed by atoms with Crippen LogP contribution in [0, 0.1) is 5.92 Å². The van der Waals surface area contributed by atoms with Crippen molar-refractivity contribution in [1.29, 1.82) is 0 Å². The highest BCUT2D eigenvalue weighted by molar-refractivity contribution is 5.81. The SMILES string of the molecule is CCOC(=O)/C=C/C1CC(NC(=O)OC(C)(C)C)C1. The van der Waals surface area contributed by atoms with Crippen molar-refractivity contribution >= 4 is 12.1 Å². The number of carbonyl (C=O) groups is 2. The van der Waals surface area contributed by atoms with Crippen LogP contribution in [0.5, 0.6) is 0 Å². The summed E-state index contributed by atoms with van der Waals surface area (Å²) in [5, 5.41) is 2.80. The summed E-state index contributed by atoms with van der Waals surface area (Å²) < 4.78 is 9.96. The molecule has 0 unspecified atom stereocenters. The van der Waals surface area contributed by atoms with Gasteiger partial charge in [-0.15, -0.1) is 0 Å². The van der Waals surface area contributed by atoms with Crippen molar-refractivity contribution in [3.63, 3.8) is 0 Å². The van der Waals surface area contributed by atoms with E-state index in [1.54, 1.807) is 6.92 Å². The molecule has 1 fully saturated rings. The Kier molecular flexibility index (Phi) is 5.39. The van der Waals surface area contributed by atoms with Crippen molar-refractivity contribution in [2.45, 2.75) is 52.2 Å². The Morgan fingerprint density at radius 3 is 2.47 bits per heavy atom. The van der Waals surface area contributed by atoms with Gasteiger partial charge < -0.3 is 14.8 Å². The van der Waals surface area contributed by atoms with Crippen molar-refractivity contribution in [2.75, 3.05) is 6.61 Å². The van der Waals surface area contributed by atoms with Crippen LogP contribution in [-0.4, -0.2) is 30.3 Å². The van der Waals surface area contributed by atoms with Crippen molar-refractivity contribution < 1.29 is 19.1 Å². The molecule has 5 nitrogen and oxygen atoms in total. The summed E-state index contributed by atoms with van der Waals surface area (Å²) in [7, 11) is 0. The fourth-order valence-electron chi connectivity index (χ4n) is 1.82. The quantitative estimate of drug-likeness (QED) is 0.628. The Hall–Kier alpha value is -1.52. The number of hydrogen-bond acceptors (Lipinski definition) is 4. The van der Waals surface area contributed by atoms with E-state index in [-0.39, 0.29) is 18.1 Å². The van der Waals surface area contributed by atoms with E-state index in [0.717, 1.165) is 12.8 Å². The van der Waals surface area contributed by atoms with E-state index in [0.29, 0.717) is 12.5 Å². The summed E-state index contributed by atoms with van der Waals surface area (Å²) in [5.41, 5.74) is -0.475. The maximum absolute atomic E-state index is 11.5. The summed E-state index contributed by atoms with van der Waals surface area (Å²) in [6.45, 7) is 7.65. The zero-order valence-corrected chi connectivity index (χ0v) is 12.1. The number of ether oxygens (including phenoxy) is 2. The zero-order chi connectivity index (χ0) is 14.5. The van der Waals surface area contributed by atoms with Crippen LogP contribution in [0.4, 0.5) is 4.79 Å². The molecule has 1 aliphatic carbocycles. The van der Waals surface area contributed by atoms with Gasteiger partial charge in [0.1, 0.15) is 5.60 Å². The van der Waals surface area contributed by atoms with Gasteiger partial charge in [-0.1, -0.05) is 6.08 Å². The minimum atomic E-state index is -0.475. The maximum Gasteiger partial charge on any atom is 0.407 e. The third kappa shape index (κ3) is 6.27. The van der Waals surface area contributed by atoms with Crippen LogP contribution in [0.1, 0.15) is 40.5 Å². The average molecular weight is 269 g/mol. The molecule has 0 aliphatic heterocycles. The number of rotatable bonds is 4. The van der Waals surface area contributed by atoms with Crippen LogP contribution < -0.4 is 5.32 Å². The third-order valence-corrected chi connectivity index (χ3v) is 2.69. The molecule has 0 spiro atoms. The maximum atomic E-state index is 11.5. The van der Waals surface area contributed by atoms with Crippen LogP contribution in [0.25, 0.3) is 0 Å². The summed E-state index contributed by atoms with van der Waals surface area (Å²) >= 11 is 0. The first-order valence-electron chi connectivity index (χ1n) is 6.64. The Morgan fingerprint density at radius 2 is 1.95 bits per heavy atom. The molecular formula is C14H23NO4. The normalized spacial score (nSPS) is 22.7. The smallest absolute Gasteiger partial charge is 0.407 e. The highest BCUT2D eigenvalue weighted by Gasteiger charge is 2.30. The van der Waals surface area contributed by atoms with Gasteiger partial charge in [-0.05, 0) is 46.5 Å². The Balaban J connectivity index is 2.20. The van der Waals surface area contributed by atoms with Gasteiger partial charge in [-0.25, -0.2) is 9.59 Å². The Labute approximate surface area is 114 Å². The molecule has 0 saturated heterocycles. The number of amides is 1. The zero-order valence-electron chi connectivity index (χ0n) is 12.1. The molecule has 0 aromatic rings. The Morgan fingerprint density at radius 1 is 1.32 bits per heavy atom. The summed E-state index contributed by atoms with van der Waals surface area (Å²) in [6, 6.07) is 0.131. The van der Waals surface area contributed by atoms with E-state index in [9.17, 15) is 9.59 Å². The molecule has 5 heteroatoms. The van der Waals surface area contributed by atoms with E-state index in [2.05, 4.69) is 5.32 Å². The molecule has 0 atom stereocenters. The minimum Gasteiger partial charge on any atom is -0.463 e. The predicted octanol–water partition coefficient (Wildman–Crippen LogP) is 2.41. The minimum absolute atomic E-state index is 0.131. The van der Waals surface area contributed by atoms with Gasteiger partial charge in [0.2, 0.25) is 0 Å². The van der Waals surface area contributed by atoms with Crippen LogP contribution in [0.15, 0.2) is 12.2 Å². The molecule has 1 amide bonds. The van der Waals surface area contributed by atoms with Crippen LogP contribution in [0.2, 0.25) is 0 Å². The van der Waals surface area contributed by atoms with E-state index in [4.69, 9.17) is 9.47 Å². The summed E-state index contributed by atoms with van der Waals surface area (Å²) in [4.78, 5) is 22.6. The molecule has 1 aliphatic rings. The van der Waals surface area contributed by atoms with Crippen LogP contribution in [0.3, 0.4) is 0 Å². The lowest BCUT2D eigenvalue weighted by Crippen LogP contribution is -2.45. The molecule has 1 rings (SSSR count). The van der Waals surface area contributed by atoms with E-state index in [1.807, 2.05) is 26.8 Å². The largest absolute Gasteiger partial charge is 0.463 e. The lowest BCUT2D eigenvalue weighted by Gasteiger charge is -2.34. The summed E-state index contributed by atoms with van der Waals surface area (Å²) in [5.74, 6) is 0.00962. The fraction of sp³-hybridized carbons (Fsp3) is 0.714. The molecule has 108 valence electrons. The lowest BCUT2D eigenvalue weighted by atomic mass is 9.80. The van der Waals surface area contributed by atoms with Crippen LogP contribution >= 0.6 is 0 Å².